The smallest absolute Gasteiger partial charge is 0.167 e. The van der Waals surface area contributed by atoms with Crippen molar-refractivity contribution in [3.8, 4) is 11.8 Å². The highest BCUT2D eigenvalue weighted by atomic mass is 16.5. The first-order chi connectivity index (χ1) is 14.2. The Kier molecular flexibility index (Phi) is 5.87. The van der Waals surface area contributed by atoms with E-state index in [-0.39, 0.29) is 11.7 Å². The van der Waals surface area contributed by atoms with Gasteiger partial charge >= 0.3 is 0 Å². The molecule has 29 heavy (non-hydrogen) atoms. The SMILES string of the molecule is CC[C@H]1CCN(C2CCC2)C[C@H]1C(=O)c1ccc2c(CC#N)c(OC)ccc2c1. The predicted molar refractivity (Wildman–Crippen MR) is 115 cm³/mol. The Morgan fingerprint density at radius 2 is 2.07 bits per heavy atom. The first-order valence-corrected chi connectivity index (χ1v) is 10.9. The van der Waals surface area contributed by atoms with Crippen LogP contribution in [-0.4, -0.2) is 36.9 Å². The Bertz CT molecular complexity index is 942. The van der Waals surface area contributed by atoms with Crippen LogP contribution in [0.15, 0.2) is 30.3 Å². The van der Waals surface area contributed by atoms with Crippen LogP contribution in [0, 0.1) is 23.2 Å². The highest BCUT2D eigenvalue weighted by Crippen LogP contribution is 2.35. The summed E-state index contributed by atoms with van der Waals surface area (Å²) in [7, 11) is 1.63. The highest BCUT2D eigenvalue weighted by molar-refractivity contribution is 6.02. The zero-order chi connectivity index (χ0) is 20.4. The molecule has 4 nitrogen and oxygen atoms in total. The third-order valence-corrected chi connectivity index (χ3v) is 7.09. The summed E-state index contributed by atoms with van der Waals surface area (Å²) in [4.78, 5) is 16.1. The Morgan fingerprint density at radius 1 is 1.24 bits per heavy atom. The topological polar surface area (TPSA) is 53.3 Å². The number of hydrogen-bond acceptors (Lipinski definition) is 4. The van der Waals surface area contributed by atoms with Crippen LogP contribution in [0.2, 0.25) is 0 Å². The van der Waals surface area contributed by atoms with Crippen molar-refractivity contribution in [3.05, 3.63) is 41.5 Å². The van der Waals surface area contributed by atoms with Crippen LogP contribution >= 0.6 is 0 Å². The van der Waals surface area contributed by atoms with Crippen molar-refractivity contribution in [2.75, 3.05) is 20.2 Å². The van der Waals surface area contributed by atoms with Crippen molar-refractivity contribution in [3.63, 3.8) is 0 Å². The fraction of sp³-hybridized carbons (Fsp3) is 0.520. The number of Topliss-reactive ketones (excluding diaryl/α,β-unsaturated/α-hetero) is 1. The summed E-state index contributed by atoms with van der Waals surface area (Å²) in [6.45, 7) is 4.26. The number of ketones is 1. The molecule has 0 aromatic heterocycles. The van der Waals surface area contributed by atoms with Crippen LogP contribution in [0.5, 0.6) is 5.75 Å². The molecular weight excluding hydrogens is 360 g/mol. The van der Waals surface area contributed by atoms with Gasteiger partial charge in [0.1, 0.15) is 5.75 Å². The zero-order valence-electron chi connectivity index (χ0n) is 17.5. The first-order valence-electron chi connectivity index (χ1n) is 10.9. The Balaban J connectivity index is 1.64. The lowest BCUT2D eigenvalue weighted by atomic mass is 9.77. The molecule has 0 spiro atoms. The number of nitrogens with zero attached hydrogens (tertiary/aromatic N) is 2. The van der Waals surface area contributed by atoms with E-state index < -0.39 is 0 Å². The normalized spacial score (nSPS) is 22.8. The van der Waals surface area contributed by atoms with Gasteiger partial charge in [-0.25, -0.2) is 0 Å². The molecule has 1 heterocycles. The Hall–Kier alpha value is -2.38. The van der Waals surface area contributed by atoms with Gasteiger partial charge in [-0.3, -0.25) is 9.69 Å². The summed E-state index contributed by atoms with van der Waals surface area (Å²) in [5.74, 6) is 1.57. The second kappa shape index (κ2) is 8.55. The molecule has 1 saturated heterocycles. The van der Waals surface area contributed by atoms with E-state index >= 15 is 0 Å². The van der Waals surface area contributed by atoms with E-state index in [2.05, 4.69) is 17.9 Å². The van der Waals surface area contributed by atoms with Crippen LogP contribution in [0.4, 0.5) is 0 Å². The minimum Gasteiger partial charge on any atom is -0.496 e. The summed E-state index contributed by atoms with van der Waals surface area (Å²) in [5, 5.41) is 11.2. The fourth-order valence-electron chi connectivity index (χ4n) is 5.09. The van der Waals surface area contributed by atoms with E-state index in [1.165, 1.54) is 19.3 Å². The van der Waals surface area contributed by atoms with Gasteiger partial charge in [-0.1, -0.05) is 38.0 Å². The molecule has 2 aromatic rings. The van der Waals surface area contributed by atoms with E-state index in [1.807, 2.05) is 30.3 Å². The molecule has 2 atom stereocenters. The highest BCUT2D eigenvalue weighted by Gasteiger charge is 2.37. The van der Waals surface area contributed by atoms with Gasteiger partial charge in [0.25, 0.3) is 0 Å². The predicted octanol–water partition coefficient (Wildman–Crippen LogP) is 5.00. The van der Waals surface area contributed by atoms with Crippen molar-refractivity contribution in [1.82, 2.24) is 4.90 Å². The van der Waals surface area contributed by atoms with Gasteiger partial charge in [0.15, 0.2) is 5.78 Å². The van der Waals surface area contributed by atoms with E-state index in [0.29, 0.717) is 18.4 Å². The van der Waals surface area contributed by atoms with Crippen molar-refractivity contribution in [1.29, 1.82) is 5.26 Å². The van der Waals surface area contributed by atoms with E-state index in [1.54, 1.807) is 7.11 Å². The quantitative estimate of drug-likeness (QED) is 0.652. The molecule has 1 aliphatic heterocycles. The van der Waals surface area contributed by atoms with E-state index in [4.69, 9.17) is 4.74 Å². The molecule has 2 aromatic carbocycles. The first kappa shape index (κ1) is 19.9. The summed E-state index contributed by atoms with van der Waals surface area (Å²) >= 11 is 0. The van der Waals surface area contributed by atoms with Crippen LogP contribution in [-0.2, 0) is 6.42 Å². The molecule has 0 bridgehead atoms. The monoisotopic (exact) mass is 390 g/mol. The number of piperidine rings is 1. The molecule has 0 N–H and O–H groups in total. The van der Waals surface area contributed by atoms with Gasteiger partial charge in [0, 0.05) is 29.6 Å². The van der Waals surface area contributed by atoms with Gasteiger partial charge in [0.2, 0.25) is 0 Å². The van der Waals surface area contributed by atoms with E-state index in [9.17, 15) is 10.1 Å². The van der Waals surface area contributed by atoms with Crippen molar-refractivity contribution >= 4 is 16.6 Å². The minimum atomic E-state index is 0.0867. The minimum absolute atomic E-state index is 0.0867. The third kappa shape index (κ3) is 3.76. The lowest BCUT2D eigenvalue weighted by Crippen LogP contribution is -2.50. The molecular formula is C25H30N2O2. The number of carbonyl (C=O) groups is 1. The number of ether oxygens (including phenoxy) is 1. The molecule has 152 valence electrons. The summed E-state index contributed by atoms with van der Waals surface area (Å²) < 4.78 is 5.43. The van der Waals surface area contributed by atoms with Gasteiger partial charge < -0.3 is 4.74 Å². The van der Waals surface area contributed by atoms with Gasteiger partial charge in [-0.15, -0.1) is 0 Å². The molecule has 4 heteroatoms. The fourth-order valence-corrected chi connectivity index (χ4v) is 5.09. The molecule has 1 aliphatic carbocycles. The van der Waals surface area contributed by atoms with Gasteiger partial charge in [-0.2, -0.15) is 5.26 Å². The summed E-state index contributed by atoms with van der Waals surface area (Å²) in [6.07, 6.45) is 6.39. The summed E-state index contributed by atoms with van der Waals surface area (Å²) in [6, 6.07) is 12.8. The maximum Gasteiger partial charge on any atom is 0.167 e. The molecule has 4 rings (SSSR count). The maximum atomic E-state index is 13.5. The largest absolute Gasteiger partial charge is 0.496 e. The lowest BCUT2D eigenvalue weighted by molar-refractivity contribution is 0.0401. The maximum absolute atomic E-state index is 13.5. The number of carbonyl (C=O) groups excluding carboxylic acids is 1. The molecule has 0 unspecified atom stereocenters. The Labute approximate surface area is 173 Å². The molecule has 1 saturated carbocycles. The number of methoxy groups -OCH3 is 1. The van der Waals surface area contributed by atoms with Crippen LogP contribution < -0.4 is 4.74 Å². The number of likely N-dealkylation sites (tertiary alicyclic amines) is 1. The zero-order valence-corrected chi connectivity index (χ0v) is 17.5. The number of rotatable bonds is 6. The van der Waals surface area contributed by atoms with Crippen LogP contribution in [0.3, 0.4) is 0 Å². The Morgan fingerprint density at radius 3 is 2.72 bits per heavy atom. The molecule has 2 aliphatic rings. The molecule has 0 radical (unpaired) electrons. The second-order valence-electron chi connectivity index (χ2n) is 8.52. The average molecular weight is 391 g/mol. The number of nitriles is 1. The standard InChI is InChI=1S/C25H30N2O2/c1-3-17-12-14-27(20-5-4-6-20)16-23(17)25(28)19-7-9-21-18(15-19)8-10-24(29-2)22(21)11-13-26/h7-10,15,17,20,23H,3-6,11-12,14,16H2,1-2H3/t17-,23+/m0/s1. The van der Waals surface area contributed by atoms with Crippen molar-refractivity contribution in [2.45, 2.75) is 51.5 Å². The van der Waals surface area contributed by atoms with E-state index in [0.717, 1.165) is 53.6 Å². The summed E-state index contributed by atoms with van der Waals surface area (Å²) in [5.41, 5.74) is 1.69. The van der Waals surface area contributed by atoms with Crippen molar-refractivity contribution in [2.24, 2.45) is 11.8 Å². The molecule has 2 fully saturated rings. The third-order valence-electron chi connectivity index (χ3n) is 7.09. The second-order valence-corrected chi connectivity index (χ2v) is 8.52. The number of hydrogen-bond donors (Lipinski definition) is 0. The van der Waals surface area contributed by atoms with Crippen LogP contribution in [0.1, 0.15) is 54.9 Å². The van der Waals surface area contributed by atoms with Crippen molar-refractivity contribution < 1.29 is 9.53 Å². The van der Waals surface area contributed by atoms with Gasteiger partial charge in [-0.05, 0) is 54.6 Å². The number of fused-ring (bicyclic) bond motifs is 1. The number of benzene rings is 2. The molecule has 0 amide bonds. The lowest BCUT2D eigenvalue weighted by Gasteiger charge is -2.44. The average Bonchev–Trinajstić information content (AvgIpc) is 2.72. The van der Waals surface area contributed by atoms with Crippen LogP contribution in [0.25, 0.3) is 10.8 Å². The van der Waals surface area contributed by atoms with Gasteiger partial charge in [0.05, 0.1) is 19.6 Å².